The number of piperidine rings is 1. The van der Waals surface area contributed by atoms with Crippen molar-refractivity contribution in [3.05, 3.63) is 24.7 Å². The normalized spacial score (nSPS) is 17.4. The molecule has 4 rings (SSSR count). The lowest BCUT2D eigenvalue weighted by Crippen LogP contribution is -2.34. The summed E-state index contributed by atoms with van der Waals surface area (Å²) in [5.41, 5.74) is 6.57. The van der Waals surface area contributed by atoms with Gasteiger partial charge < -0.3 is 16.0 Å². The van der Waals surface area contributed by atoms with Gasteiger partial charge in [0.15, 0.2) is 10.9 Å². The molecule has 0 bridgehead atoms. The van der Waals surface area contributed by atoms with Crippen molar-refractivity contribution in [1.82, 2.24) is 19.9 Å². The van der Waals surface area contributed by atoms with Crippen LogP contribution in [0.5, 0.6) is 0 Å². The van der Waals surface area contributed by atoms with Crippen molar-refractivity contribution < 1.29 is 0 Å². The molecule has 3 aromatic heterocycles. The summed E-state index contributed by atoms with van der Waals surface area (Å²) in [6.07, 6.45) is 5.10. The molecule has 25 heavy (non-hydrogen) atoms. The van der Waals surface area contributed by atoms with Crippen molar-refractivity contribution in [3.8, 4) is 6.07 Å². The van der Waals surface area contributed by atoms with E-state index < -0.39 is 0 Å². The zero-order chi connectivity index (χ0) is 17.2. The number of pyridine rings is 1. The minimum Gasteiger partial charge on any atom is -0.384 e. The van der Waals surface area contributed by atoms with Crippen LogP contribution in [0, 0.1) is 17.2 Å². The first-order valence-electron chi connectivity index (χ1n) is 7.97. The molecule has 3 N–H and O–H groups in total. The van der Waals surface area contributed by atoms with Crippen molar-refractivity contribution in [2.45, 2.75) is 12.8 Å². The van der Waals surface area contributed by atoms with Gasteiger partial charge in [0.1, 0.15) is 18.0 Å². The number of hydrogen-bond donors (Lipinski definition) is 2. The fourth-order valence-corrected chi connectivity index (χ4v) is 3.93. The molecule has 126 valence electrons. The summed E-state index contributed by atoms with van der Waals surface area (Å²) in [7, 11) is 0. The second-order valence-electron chi connectivity index (χ2n) is 5.87. The third-order valence-corrected chi connectivity index (χ3v) is 5.24. The predicted molar refractivity (Wildman–Crippen MR) is 97.7 cm³/mol. The Morgan fingerprint density at radius 3 is 3.12 bits per heavy atom. The molecule has 1 fully saturated rings. The molecular weight excluding hydrogens is 336 g/mol. The molecule has 0 spiro atoms. The van der Waals surface area contributed by atoms with Crippen molar-refractivity contribution in [3.63, 3.8) is 0 Å². The fourth-order valence-electron chi connectivity index (χ4n) is 2.89. The monoisotopic (exact) mass is 352 g/mol. The molecule has 1 unspecified atom stereocenters. The van der Waals surface area contributed by atoms with Gasteiger partial charge in [0.2, 0.25) is 0 Å². The molecule has 4 heterocycles. The smallest absolute Gasteiger partial charge is 0.186 e. The average Bonchev–Trinajstić information content (AvgIpc) is 3.07. The van der Waals surface area contributed by atoms with Crippen LogP contribution in [0.1, 0.15) is 12.8 Å². The van der Waals surface area contributed by atoms with Crippen LogP contribution in [0.25, 0.3) is 10.2 Å². The second kappa shape index (κ2) is 6.49. The third-order valence-electron chi connectivity index (χ3n) is 4.10. The Morgan fingerprint density at radius 1 is 1.36 bits per heavy atom. The number of nitrogen functional groups attached to an aromatic ring is 1. The predicted octanol–water partition coefficient (Wildman–Crippen LogP) is 2.55. The maximum Gasteiger partial charge on any atom is 0.186 e. The number of fused-ring (bicyclic) bond motifs is 1. The highest BCUT2D eigenvalue weighted by atomic mass is 32.1. The van der Waals surface area contributed by atoms with Gasteiger partial charge in [-0.15, -0.1) is 0 Å². The van der Waals surface area contributed by atoms with Crippen molar-refractivity contribution in [1.29, 1.82) is 5.26 Å². The number of rotatable bonds is 3. The lowest BCUT2D eigenvalue weighted by atomic mass is 10.0. The zero-order valence-electron chi connectivity index (χ0n) is 13.4. The summed E-state index contributed by atoms with van der Waals surface area (Å²) < 4.78 is 0.953. The number of nitrogens with zero attached hydrogens (tertiary/aromatic N) is 6. The van der Waals surface area contributed by atoms with Gasteiger partial charge in [-0.3, -0.25) is 0 Å². The van der Waals surface area contributed by atoms with E-state index in [0.29, 0.717) is 17.5 Å². The van der Waals surface area contributed by atoms with E-state index in [4.69, 9.17) is 10.7 Å². The SMILES string of the molecule is N#CC1CCCN(c2nc3ccnc(Nc4cc(N)ncn4)c3s2)C1. The summed E-state index contributed by atoms with van der Waals surface area (Å²) in [5, 5.41) is 13.3. The quantitative estimate of drug-likeness (QED) is 0.738. The minimum atomic E-state index is 0.0699. The van der Waals surface area contributed by atoms with Crippen LogP contribution in [0.3, 0.4) is 0 Å². The molecule has 1 atom stereocenters. The van der Waals surface area contributed by atoms with Crippen molar-refractivity contribution in [2.24, 2.45) is 5.92 Å². The molecule has 9 heteroatoms. The summed E-state index contributed by atoms with van der Waals surface area (Å²) in [5.74, 6) is 1.74. The molecule has 0 saturated carbocycles. The van der Waals surface area contributed by atoms with E-state index >= 15 is 0 Å². The van der Waals surface area contributed by atoms with Gasteiger partial charge >= 0.3 is 0 Å². The van der Waals surface area contributed by atoms with Crippen LogP contribution in [0.4, 0.5) is 22.6 Å². The Bertz CT molecular complexity index is 947. The van der Waals surface area contributed by atoms with Crippen LogP contribution >= 0.6 is 11.3 Å². The number of aromatic nitrogens is 4. The van der Waals surface area contributed by atoms with Gasteiger partial charge in [-0.25, -0.2) is 19.9 Å². The Labute approximate surface area is 148 Å². The third kappa shape index (κ3) is 3.16. The summed E-state index contributed by atoms with van der Waals surface area (Å²) in [4.78, 5) is 19.4. The first-order chi connectivity index (χ1) is 12.2. The summed E-state index contributed by atoms with van der Waals surface area (Å²) in [6.45, 7) is 1.66. The lowest BCUT2D eigenvalue weighted by molar-refractivity contribution is 0.493. The van der Waals surface area contributed by atoms with Gasteiger partial charge in [-0.2, -0.15) is 5.26 Å². The topological polar surface area (TPSA) is 117 Å². The number of nitriles is 1. The van der Waals surface area contributed by atoms with Gasteiger partial charge in [0.05, 0.1) is 22.2 Å². The number of thiazole rings is 1. The maximum atomic E-state index is 9.19. The molecule has 0 aromatic carbocycles. The molecule has 1 aliphatic heterocycles. The molecule has 0 radical (unpaired) electrons. The number of anilines is 4. The number of nitrogens with one attached hydrogen (secondary N) is 1. The van der Waals surface area contributed by atoms with Crippen LogP contribution in [-0.4, -0.2) is 33.0 Å². The van der Waals surface area contributed by atoms with E-state index in [1.807, 2.05) is 6.07 Å². The Morgan fingerprint density at radius 2 is 2.28 bits per heavy atom. The summed E-state index contributed by atoms with van der Waals surface area (Å²) in [6, 6.07) is 5.92. The number of nitrogens with two attached hydrogens (primary N) is 1. The van der Waals surface area contributed by atoms with Crippen molar-refractivity contribution >= 4 is 44.1 Å². The highest BCUT2D eigenvalue weighted by Crippen LogP contribution is 2.35. The zero-order valence-corrected chi connectivity index (χ0v) is 14.2. The van der Waals surface area contributed by atoms with E-state index in [1.54, 1.807) is 23.6 Å². The second-order valence-corrected chi connectivity index (χ2v) is 6.85. The van der Waals surface area contributed by atoms with Gasteiger partial charge in [0.25, 0.3) is 0 Å². The Balaban J connectivity index is 1.66. The molecule has 8 nitrogen and oxygen atoms in total. The lowest BCUT2D eigenvalue weighted by Gasteiger charge is -2.28. The van der Waals surface area contributed by atoms with E-state index in [-0.39, 0.29) is 5.92 Å². The van der Waals surface area contributed by atoms with Crippen LogP contribution in [0.15, 0.2) is 24.7 Å². The van der Waals surface area contributed by atoms with Crippen molar-refractivity contribution in [2.75, 3.05) is 29.0 Å². The summed E-state index contributed by atoms with van der Waals surface area (Å²) >= 11 is 1.57. The van der Waals surface area contributed by atoms with Crippen LogP contribution in [-0.2, 0) is 0 Å². The van der Waals surface area contributed by atoms with E-state index in [2.05, 4.69) is 31.2 Å². The van der Waals surface area contributed by atoms with E-state index in [1.165, 1.54) is 6.33 Å². The van der Waals surface area contributed by atoms with E-state index in [9.17, 15) is 5.26 Å². The molecule has 1 saturated heterocycles. The average molecular weight is 352 g/mol. The first kappa shape index (κ1) is 15.5. The van der Waals surface area contributed by atoms with Gasteiger partial charge in [-0.05, 0) is 18.9 Å². The van der Waals surface area contributed by atoms with Gasteiger partial charge in [-0.1, -0.05) is 11.3 Å². The maximum absolute atomic E-state index is 9.19. The molecular formula is C16H16N8S. The van der Waals surface area contributed by atoms with E-state index in [0.717, 1.165) is 41.3 Å². The Hall–Kier alpha value is -2.99. The minimum absolute atomic E-state index is 0.0699. The highest BCUT2D eigenvalue weighted by molar-refractivity contribution is 7.22. The first-order valence-corrected chi connectivity index (χ1v) is 8.79. The highest BCUT2D eigenvalue weighted by Gasteiger charge is 2.22. The molecule has 0 aliphatic carbocycles. The number of hydrogen-bond acceptors (Lipinski definition) is 9. The largest absolute Gasteiger partial charge is 0.384 e. The van der Waals surface area contributed by atoms with Crippen LogP contribution in [0.2, 0.25) is 0 Å². The van der Waals surface area contributed by atoms with Crippen LogP contribution < -0.4 is 16.0 Å². The fraction of sp³-hybridized carbons (Fsp3) is 0.312. The Kier molecular flexibility index (Phi) is 4.03. The molecule has 1 aliphatic rings. The van der Waals surface area contributed by atoms with Gasteiger partial charge in [0, 0.05) is 25.4 Å². The molecule has 3 aromatic rings. The molecule has 0 amide bonds. The standard InChI is InChI=1S/C16H16N8S/c17-7-10-2-1-5-24(8-10)16-22-11-3-4-19-15(14(11)25-16)23-13-6-12(18)20-9-21-13/h3-4,6,9-10H,1-2,5,8H2,(H3,18,19,20,21,23).